The second-order valence-electron chi connectivity index (χ2n) is 11.1. The Bertz CT molecular complexity index is 1560. The summed E-state index contributed by atoms with van der Waals surface area (Å²) in [7, 11) is 0. The molecule has 6 rings (SSSR count). The van der Waals surface area contributed by atoms with E-state index in [-0.39, 0.29) is 11.9 Å². The van der Waals surface area contributed by atoms with Gasteiger partial charge in [0, 0.05) is 74.2 Å². The summed E-state index contributed by atoms with van der Waals surface area (Å²) >= 11 is 0. The molecule has 2 aliphatic rings. The molecule has 210 valence electrons. The maximum Gasteiger partial charge on any atom is 0.227 e. The number of piperazine rings is 1. The van der Waals surface area contributed by atoms with Crippen molar-refractivity contribution in [3.63, 3.8) is 0 Å². The minimum atomic E-state index is 0.132. The Labute approximate surface area is 240 Å². The second-order valence-corrected chi connectivity index (χ2v) is 11.1. The number of nitrogens with zero attached hydrogens (tertiary/aromatic N) is 7. The average molecular weight is 549 g/mol. The fourth-order valence-corrected chi connectivity index (χ4v) is 6.32. The molecule has 4 aromatic rings. The first-order valence-corrected chi connectivity index (χ1v) is 14.6. The van der Waals surface area contributed by atoms with Gasteiger partial charge in [-0.1, -0.05) is 37.1 Å². The minimum absolute atomic E-state index is 0.132. The van der Waals surface area contributed by atoms with Crippen LogP contribution >= 0.6 is 0 Å². The third-order valence-electron chi connectivity index (χ3n) is 8.52. The van der Waals surface area contributed by atoms with E-state index in [1.54, 1.807) is 6.92 Å². The summed E-state index contributed by atoms with van der Waals surface area (Å²) in [6.07, 6.45) is 10.2. The highest BCUT2D eigenvalue weighted by atomic mass is 16.2. The molecular formula is C32H36N8O. The Morgan fingerprint density at radius 3 is 2.68 bits per heavy atom. The number of nitriles is 1. The Balaban J connectivity index is 1.23. The second kappa shape index (κ2) is 12.0. The predicted molar refractivity (Wildman–Crippen MR) is 161 cm³/mol. The molecule has 9 nitrogen and oxygen atoms in total. The molecule has 0 bridgehead atoms. The van der Waals surface area contributed by atoms with Gasteiger partial charge < -0.3 is 15.1 Å². The van der Waals surface area contributed by atoms with Gasteiger partial charge in [-0.05, 0) is 49.4 Å². The smallest absolute Gasteiger partial charge is 0.227 e. The van der Waals surface area contributed by atoms with E-state index in [0.717, 1.165) is 66.1 Å². The zero-order valence-corrected chi connectivity index (χ0v) is 23.5. The molecule has 41 heavy (non-hydrogen) atoms. The number of nitrogens with one attached hydrogen (secondary N) is 1. The molecule has 1 N–H and O–H groups in total. The van der Waals surface area contributed by atoms with Crippen LogP contribution in [0.5, 0.6) is 0 Å². The zero-order valence-electron chi connectivity index (χ0n) is 23.5. The lowest BCUT2D eigenvalue weighted by Gasteiger charge is -2.35. The number of amides is 1. The van der Waals surface area contributed by atoms with Crippen LogP contribution in [0, 0.1) is 17.2 Å². The van der Waals surface area contributed by atoms with Crippen LogP contribution in [-0.4, -0.2) is 56.7 Å². The van der Waals surface area contributed by atoms with Crippen LogP contribution in [0.1, 0.15) is 51.5 Å². The van der Waals surface area contributed by atoms with Gasteiger partial charge >= 0.3 is 0 Å². The molecule has 1 unspecified atom stereocenters. The van der Waals surface area contributed by atoms with Gasteiger partial charge in [0.15, 0.2) is 0 Å². The van der Waals surface area contributed by atoms with E-state index in [9.17, 15) is 10.1 Å². The van der Waals surface area contributed by atoms with Gasteiger partial charge in [-0.25, -0.2) is 9.97 Å². The van der Waals surface area contributed by atoms with Crippen molar-refractivity contribution < 1.29 is 4.79 Å². The standard InChI is InChI=1S/C32H36N8O/c1-23(41)38-17-19-39(20-18-38)27-11-5-10-26(21-27)35-32-34-22-25-9-4-12-28(31(25)36-32)29-14-16-40(37-29)30(13-6-15-33)24-7-2-3-8-24/h4-5,9-12,14,16,21-22,24,30H,2-3,6-8,13,17-20H2,1H3,(H,34,35,36). The molecule has 1 aliphatic heterocycles. The molecule has 2 aromatic heterocycles. The Hall–Kier alpha value is -4.45. The van der Waals surface area contributed by atoms with Gasteiger partial charge in [0.1, 0.15) is 0 Å². The average Bonchev–Trinajstić information content (AvgIpc) is 3.71. The van der Waals surface area contributed by atoms with Crippen LogP contribution in [0.3, 0.4) is 0 Å². The number of benzene rings is 2. The van der Waals surface area contributed by atoms with Gasteiger partial charge in [0.25, 0.3) is 0 Å². The van der Waals surface area contributed by atoms with Gasteiger partial charge in [-0.3, -0.25) is 9.48 Å². The lowest BCUT2D eigenvalue weighted by atomic mass is 9.94. The van der Waals surface area contributed by atoms with E-state index in [2.05, 4.69) is 56.4 Å². The number of fused-ring (bicyclic) bond motifs is 1. The van der Waals surface area contributed by atoms with Crippen LogP contribution in [-0.2, 0) is 4.79 Å². The first-order valence-electron chi connectivity index (χ1n) is 14.6. The highest BCUT2D eigenvalue weighted by molar-refractivity contribution is 5.92. The van der Waals surface area contributed by atoms with Crippen molar-refractivity contribution in [2.45, 2.75) is 51.5 Å². The van der Waals surface area contributed by atoms with Crippen molar-refractivity contribution in [2.75, 3.05) is 36.4 Å². The third kappa shape index (κ3) is 5.87. The molecule has 1 atom stereocenters. The molecule has 1 amide bonds. The van der Waals surface area contributed by atoms with Crippen molar-refractivity contribution >= 4 is 34.1 Å². The molecule has 0 spiro atoms. The number of carbonyl (C=O) groups is 1. The predicted octanol–water partition coefficient (Wildman–Crippen LogP) is 5.94. The van der Waals surface area contributed by atoms with Crippen LogP contribution in [0.25, 0.3) is 22.2 Å². The summed E-state index contributed by atoms with van der Waals surface area (Å²) < 4.78 is 2.09. The quantitative estimate of drug-likeness (QED) is 0.291. The molecule has 0 radical (unpaired) electrons. The first-order chi connectivity index (χ1) is 20.1. The highest BCUT2D eigenvalue weighted by Gasteiger charge is 2.27. The minimum Gasteiger partial charge on any atom is -0.368 e. The van der Waals surface area contributed by atoms with E-state index < -0.39 is 0 Å². The fourth-order valence-electron chi connectivity index (χ4n) is 6.32. The number of anilines is 3. The van der Waals surface area contributed by atoms with E-state index in [0.29, 0.717) is 18.3 Å². The number of hydrogen-bond donors (Lipinski definition) is 1. The van der Waals surface area contributed by atoms with Crippen molar-refractivity contribution in [2.24, 2.45) is 5.92 Å². The Morgan fingerprint density at radius 2 is 1.90 bits per heavy atom. The van der Waals surface area contributed by atoms with Crippen LogP contribution in [0.15, 0.2) is 60.9 Å². The monoisotopic (exact) mass is 548 g/mol. The van der Waals surface area contributed by atoms with Crippen LogP contribution < -0.4 is 10.2 Å². The first kappa shape index (κ1) is 26.8. The number of hydrogen-bond acceptors (Lipinski definition) is 7. The van der Waals surface area contributed by atoms with Crippen molar-refractivity contribution in [3.05, 3.63) is 60.9 Å². The van der Waals surface area contributed by atoms with E-state index >= 15 is 0 Å². The molecule has 1 saturated heterocycles. The Morgan fingerprint density at radius 1 is 1.10 bits per heavy atom. The van der Waals surface area contributed by atoms with E-state index in [1.807, 2.05) is 35.4 Å². The normalized spacial score (nSPS) is 16.6. The molecule has 2 aromatic carbocycles. The summed E-state index contributed by atoms with van der Waals surface area (Å²) in [4.78, 5) is 25.4. The lowest BCUT2D eigenvalue weighted by Crippen LogP contribution is -2.48. The van der Waals surface area contributed by atoms with Crippen LogP contribution in [0.4, 0.5) is 17.3 Å². The number of carbonyl (C=O) groups excluding carboxylic acids is 1. The van der Waals surface area contributed by atoms with Gasteiger partial charge in [0.2, 0.25) is 11.9 Å². The van der Waals surface area contributed by atoms with Gasteiger partial charge in [-0.2, -0.15) is 10.4 Å². The molecule has 9 heteroatoms. The van der Waals surface area contributed by atoms with E-state index in [4.69, 9.17) is 10.1 Å². The van der Waals surface area contributed by atoms with E-state index in [1.165, 1.54) is 25.7 Å². The summed E-state index contributed by atoms with van der Waals surface area (Å²) in [5.41, 5.74) is 4.72. The van der Waals surface area contributed by atoms with Crippen molar-refractivity contribution in [1.29, 1.82) is 5.26 Å². The maximum atomic E-state index is 11.7. The maximum absolute atomic E-state index is 11.7. The zero-order chi connectivity index (χ0) is 28.2. The highest BCUT2D eigenvalue weighted by Crippen LogP contribution is 2.37. The molecule has 1 saturated carbocycles. The van der Waals surface area contributed by atoms with Gasteiger partial charge in [0.05, 0.1) is 23.3 Å². The molecule has 1 aliphatic carbocycles. The lowest BCUT2D eigenvalue weighted by molar-refractivity contribution is -0.129. The number of aromatic nitrogens is 4. The van der Waals surface area contributed by atoms with Crippen LogP contribution in [0.2, 0.25) is 0 Å². The molecular weight excluding hydrogens is 512 g/mol. The summed E-state index contributed by atoms with van der Waals surface area (Å²) in [6, 6.07) is 19.0. The Kier molecular flexibility index (Phi) is 7.81. The number of rotatable bonds is 8. The molecule has 3 heterocycles. The fraction of sp³-hybridized carbons (Fsp3) is 0.406. The largest absolute Gasteiger partial charge is 0.368 e. The van der Waals surface area contributed by atoms with Gasteiger partial charge in [-0.15, -0.1) is 0 Å². The summed E-state index contributed by atoms with van der Waals surface area (Å²) in [6.45, 7) is 4.72. The summed E-state index contributed by atoms with van der Waals surface area (Å²) in [5.74, 6) is 1.24. The summed E-state index contributed by atoms with van der Waals surface area (Å²) in [5, 5.41) is 18.6. The number of para-hydroxylation sites is 1. The topological polar surface area (TPSA) is 103 Å². The van der Waals surface area contributed by atoms with Crippen molar-refractivity contribution in [1.82, 2.24) is 24.6 Å². The molecule has 2 fully saturated rings. The third-order valence-corrected chi connectivity index (χ3v) is 8.52. The van der Waals surface area contributed by atoms with Crippen molar-refractivity contribution in [3.8, 4) is 17.3 Å². The SMILES string of the molecule is CC(=O)N1CCN(c2cccc(Nc3ncc4cccc(-c5ccn(C(CCC#N)C6CCCC6)n5)c4n3)c2)CC1.